The molecule has 1 aromatic heterocycles. The van der Waals surface area contributed by atoms with E-state index in [1.807, 2.05) is 24.4 Å². The topological polar surface area (TPSA) is 24.9 Å². The lowest BCUT2D eigenvalue weighted by Crippen LogP contribution is -2.18. The van der Waals surface area contributed by atoms with Gasteiger partial charge in [-0.2, -0.15) is 0 Å². The Labute approximate surface area is 113 Å². The third-order valence-corrected chi connectivity index (χ3v) is 3.67. The first-order valence-corrected chi connectivity index (χ1v) is 7.29. The molecular formula is C15H18N2S. The van der Waals surface area contributed by atoms with Gasteiger partial charge in [-0.3, -0.25) is 4.98 Å². The number of pyridine rings is 1. The number of nitrogens with one attached hydrogen (secondary N) is 1. The minimum Gasteiger partial charge on any atom is -0.305 e. The normalized spacial score (nSPS) is 12.3. The molecule has 3 heteroatoms. The molecule has 0 aliphatic heterocycles. The van der Waals surface area contributed by atoms with Gasteiger partial charge >= 0.3 is 0 Å². The largest absolute Gasteiger partial charge is 0.305 e. The van der Waals surface area contributed by atoms with Crippen LogP contribution in [0, 0.1) is 0 Å². The van der Waals surface area contributed by atoms with Gasteiger partial charge in [0.15, 0.2) is 0 Å². The molecule has 2 rings (SSSR count). The van der Waals surface area contributed by atoms with Gasteiger partial charge in [0.2, 0.25) is 0 Å². The molecule has 0 aliphatic carbocycles. The lowest BCUT2D eigenvalue weighted by Gasteiger charge is -2.14. The van der Waals surface area contributed by atoms with Gasteiger partial charge in [-0.25, -0.2) is 0 Å². The second-order valence-electron chi connectivity index (χ2n) is 4.20. The standard InChI is InChI=1S/C15H18N2S/c1-12(13-6-8-15(18-2)9-7-13)17-11-14-5-3-4-10-16-14/h3-10,12,17H,11H2,1-2H3. The van der Waals surface area contributed by atoms with Gasteiger partial charge < -0.3 is 5.32 Å². The van der Waals surface area contributed by atoms with Crippen LogP contribution in [0.25, 0.3) is 0 Å². The molecule has 0 radical (unpaired) electrons. The van der Waals surface area contributed by atoms with Crippen molar-refractivity contribution in [2.45, 2.75) is 24.4 Å². The number of rotatable bonds is 5. The van der Waals surface area contributed by atoms with Crippen molar-refractivity contribution in [1.29, 1.82) is 0 Å². The molecule has 0 bridgehead atoms. The smallest absolute Gasteiger partial charge is 0.0541 e. The second kappa shape index (κ2) is 6.57. The van der Waals surface area contributed by atoms with Crippen LogP contribution in [-0.2, 0) is 6.54 Å². The molecule has 0 amide bonds. The van der Waals surface area contributed by atoms with Gasteiger partial charge in [0, 0.05) is 23.7 Å². The molecule has 94 valence electrons. The van der Waals surface area contributed by atoms with Gasteiger partial charge in [-0.15, -0.1) is 11.8 Å². The van der Waals surface area contributed by atoms with Crippen LogP contribution in [-0.4, -0.2) is 11.2 Å². The zero-order chi connectivity index (χ0) is 12.8. The van der Waals surface area contributed by atoms with Crippen molar-refractivity contribution in [1.82, 2.24) is 10.3 Å². The highest BCUT2D eigenvalue weighted by atomic mass is 32.2. The predicted molar refractivity (Wildman–Crippen MR) is 77.7 cm³/mol. The summed E-state index contributed by atoms with van der Waals surface area (Å²) in [6, 6.07) is 15.0. The molecule has 0 aliphatic rings. The van der Waals surface area contributed by atoms with E-state index in [9.17, 15) is 0 Å². The number of nitrogens with zero attached hydrogens (tertiary/aromatic N) is 1. The summed E-state index contributed by atoms with van der Waals surface area (Å²) >= 11 is 1.77. The SMILES string of the molecule is CSc1ccc(C(C)NCc2ccccn2)cc1. The summed E-state index contributed by atoms with van der Waals surface area (Å²) in [5, 5.41) is 3.48. The summed E-state index contributed by atoms with van der Waals surface area (Å²) in [4.78, 5) is 5.61. The molecule has 0 fully saturated rings. The fourth-order valence-electron chi connectivity index (χ4n) is 1.77. The molecule has 2 nitrogen and oxygen atoms in total. The fourth-order valence-corrected chi connectivity index (χ4v) is 2.18. The van der Waals surface area contributed by atoms with Crippen molar-refractivity contribution in [3.05, 3.63) is 59.9 Å². The number of aromatic nitrogens is 1. The Kier molecular flexibility index (Phi) is 4.79. The average Bonchev–Trinajstić information content (AvgIpc) is 2.46. The summed E-state index contributed by atoms with van der Waals surface area (Å²) in [5.41, 5.74) is 2.38. The Morgan fingerprint density at radius 2 is 1.94 bits per heavy atom. The Morgan fingerprint density at radius 1 is 1.17 bits per heavy atom. The van der Waals surface area contributed by atoms with Gasteiger partial charge in [0.1, 0.15) is 0 Å². The molecule has 18 heavy (non-hydrogen) atoms. The minimum atomic E-state index is 0.336. The minimum absolute atomic E-state index is 0.336. The van der Waals surface area contributed by atoms with Crippen molar-refractivity contribution in [2.24, 2.45) is 0 Å². The average molecular weight is 258 g/mol. The van der Waals surface area contributed by atoms with Gasteiger partial charge in [-0.05, 0) is 43.0 Å². The molecule has 1 N–H and O–H groups in total. The van der Waals surface area contributed by atoms with E-state index in [-0.39, 0.29) is 0 Å². The van der Waals surface area contributed by atoms with Crippen molar-refractivity contribution in [3.63, 3.8) is 0 Å². The molecule has 2 aromatic rings. The first kappa shape index (κ1) is 13.1. The zero-order valence-electron chi connectivity index (χ0n) is 10.8. The summed E-state index contributed by atoms with van der Waals surface area (Å²) in [6.45, 7) is 2.98. The van der Waals surface area contributed by atoms with Crippen LogP contribution in [0.4, 0.5) is 0 Å². The van der Waals surface area contributed by atoms with E-state index in [2.05, 4.69) is 47.7 Å². The Hall–Kier alpha value is -1.32. The number of hydrogen-bond acceptors (Lipinski definition) is 3. The van der Waals surface area contributed by atoms with Crippen LogP contribution >= 0.6 is 11.8 Å². The van der Waals surface area contributed by atoms with E-state index in [1.165, 1.54) is 10.5 Å². The van der Waals surface area contributed by atoms with Crippen LogP contribution in [0.1, 0.15) is 24.2 Å². The zero-order valence-corrected chi connectivity index (χ0v) is 11.6. The lowest BCUT2D eigenvalue weighted by atomic mass is 10.1. The molecule has 1 heterocycles. The molecule has 1 aromatic carbocycles. The summed E-state index contributed by atoms with van der Waals surface area (Å²) in [7, 11) is 0. The van der Waals surface area contributed by atoms with E-state index >= 15 is 0 Å². The summed E-state index contributed by atoms with van der Waals surface area (Å²) < 4.78 is 0. The first-order valence-electron chi connectivity index (χ1n) is 6.07. The molecule has 0 saturated heterocycles. The number of benzene rings is 1. The third kappa shape index (κ3) is 3.59. The molecule has 0 saturated carbocycles. The van der Waals surface area contributed by atoms with E-state index < -0.39 is 0 Å². The van der Waals surface area contributed by atoms with Crippen LogP contribution in [0.2, 0.25) is 0 Å². The number of thioether (sulfide) groups is 1. The van der Waals surface area contributed by atoms with Crippen LogP contribution in [0.15, 0.2) is 53.6 Å². The highest BCUT2D eigenvalue weighted by molar-refractivity contribution is 7.98. The highest BCUT2D eigenvalue weighted by Gasteiger charge is 2.04. The molecule has 1 unspecified atom stereocenters. The van der Waals surface area contributed by atoms with Crippen molar-refractivity contribution in [3.8, 4) is 0 Å². The Balaban J connectivity index is 1.93. The molecule has 1 atom stereocenters. The second-order valence-corrected chi connectivity index (χ2v) is 5.08. The Morgan fingerprint density at radius 3 is 2.56 bits per heavy atom. The van der Waals surface area contributed by atoms with Crippen molar-refractivity contribution < 1.29 is 0 Å². The molecule has 0 spiro atoms. The summed E-state index contributed by atoms with van der Waals surface area (Å²) in [6.07, 6.45) is 3.92. The van der Waals surface area contributed by atoms with E-state index in [1.54, 1.807) is 11.8 Å². The van der Waals surface area contributed by atoms with Gasteiger partial charge in [0.25, 0.3) is 0 Å². The molecular weight excluding hydrogens is 240 g/mol. The fraction of sp³-hybridized carbons (Fsp3) is 0.267. The van der Waals surface area contributed by atoms with E-state index in [4.69, 9.17) is 0 Å². The third-order valence-electron chi connectivity index (χ3n) is 2.93. The summed E-state index contributed by atoms with van der Waals surface area (Å²) in [5.74, 6) is 0. The van der Waals surface area contributed by atoms with Gasteiger partial charge in [0.05, 0.1) is 5.69 Å². The van der Waals surface area contributed by atoms with Crippen molar-refractivity contribution >= 4 is 11.8 Å². The Bertz CT molecular complexity index is 468. The highest BCUT2D eigenvalue weighted by Crippen LogP contribution is 2.19. The quantitative estimate of drug-likeness (QED) is 0.829. The lowest BCUT2D eigenvalue weighted by molar-refractivity contribution is 0.567. The predicted octanol–water partition coefficient (Wildman–Crippen LogP) is 3.65. The maximum atomic E-state index is 4.31. The van der Waals surface area contributed by atoms with E-state index in [0.717, 1.165) is 12.2 Å². The van der Waals surface area contributed by atoms with Crippen molar-refractivity contribution in [2.75, 3.05) is 6.26 Å². The van der Waals surface area contributed by atoms with Crippen LogP contribution < -0.4 is 5.32 Å². The van der Waals surface area contributed by atoms with Crippen LogP contribution in [0.3, 0.4) is 0 Å². The van der Waals surface area contributed by atoms with Crippen LogP contribution in [0.5, 0.6) is 0 Å². The van der Waals surface area contributed by atoms with Gasteiger partial charge in [-0.1, -0.05) is 18.2 Å². The maximum Gasteiger partial charge on any atom is 0.0541 e. The number of hydrogen-bond donors (Lipinski definition) is 1. The first-order chi connectivity index (χ1) is 8.79. The van der Waals surface area contributed by atoms with E-state index in [0.29, 0.717) is 6.04 Å². The maximum absolute atomic E-state index is 4.31. The monoisotopic (exact) mass is 258 g/mol.